The number of benzene rings is 1. The van der Waals surface area contributed by atoms with Crippen LogP contribution >= 0.6 is 11.3 Å². The van der Waals surface area contributed by atoms with Gasteiger partial charge in [-0.2, -0.15) is 0 Å². The molecule has 3 heterocycles. The zero-order valence-corrected chi connectivity index (χ0v) is 14.6. The summed E-state index contributed by atoms with van der Waals surface area (Å²) in [5.74, 6) is -0.145. The molecule has 134 valence electrons. The zero-order chi connectivity index (χ0) is 18.3. The lowest BCUT2D eigenvalue weighted by Crippen LogP contribution is -2.35. The molecule has 4 rings (SSSR count). The summed E-state index contributed by atoms with van der Waals surface area (Å²) in [6.07, 6.45) is 0.563. The van der Waals surface area contributed by atoms with Crippen LogP contribution in [0.15, 0.2) is 34.4 Å². The second-order valence-corrected chi connectivity index (χ2v) is 7.20. The molecule has 0 atom stereocenters. The fourth-order valence-corrected chi connectivity index (χ4v) is 3.80. The first-order valence-electron chi connectivity index (χ1n) is 8.13. The molecule has 1 aliphatic heterocycles. The van der Waals surface area contributed by atoms with Crippen LogP contribution in [-0.4, -0.2) is 36.7 Å². The molecule has 3 aromatic rings. The van der Waals surface area contributed by atoms with E-state index >= 15 is 0 Å². The molecule has 0 radical (unpaired) electrons. The molecule has 0 saturated heterocycles. The van der Waals surface area contributed by atoms with Gasteiger partial charge in [-0.05, 0) is 23.9 Å². The Bertz CT molecular complexity index is 1010. The molecule has 7 nitrogen and oxygen atoms in total. The van der Waals surface area contributed by atoms with Crippen LogP contribution in [0.1, 0.15) is 16.8 Å². The van der Waals surface area contributed by atoms with Crippen molar-refractivity contribution in [1.82, 2.24) is 14.9 Å². The van der Waals surface area contributed by atoms with Gasteiger partial charge in [0.15, 0.2) is 17.3 Å². The van der Waals surface area contributed by atoms with Crippen molar-refractivity contribution in [3.05, 3.63) is 56.8 Å². The van der Waals surface area contributed by atoms with Crippen molar-refractivity contribution in [2.45, 2.75) is 19.5 Å². The number of H-pyrrole nitrogens is 1. The average molecular weight is 371 g/mol. The summed E-state index contributed by atoms with van der Waals surface area (Å²) < 4.78 is 0. The summed E-state index contributed by atoms with van der Waals surface area (Å²) in [7, 11) is 0. The minimum absolute atomic E-state index is 0.0794. The molecule has 0 bridgehead atoms. The first-order chi connectivity index (χ1) is 12.5. The molecule has 0 amide bonds. The quantitative estimate of drug-likeness (QED) is 0.415. The van der Waals surface area contributed by atoms with E-state index in [9.17, 15) is 20.1 Å². The van der Waals surface area contributed by atoms with Gasteiger partial charge >= 0.3 is 0 Å². The van der Waals surface area contributed by atoms with Gasteiger partial charge in [-0.3, -0.25) is 9.69 Å². The van der Waals surface area contributed by atoms with E-state index in [1.54, 1.807) is 0 Å². The summed E-state index contributed by atoms with van der Waals surface area (Å²) >= 11 is 1.51. The number of nitrogens with zero attached hydrogens (tertiary/aromatic N) is 2. The Morgan fingerprint density at radius 1 is 1.19 bits per heavy atom. The maximum absolute atomic E-state index is 12.4. The van der Waals surface area contributed by atoms with Crippen molar-refractivity contribution in [3.63, 3.8) is 0 Å². The highest BCUT2D eigenvalue weighted by Crippen LogP contribution is 2.33. The van der Waals surface area contributed by atoms with Gasteiger partial charge in [-0.1, -0.05) is 6.07 Å². The Hall–Kier alpha value is -2.84. The van der Waals surface area contributed by atoms with Gasteiger partial charge in [-0.15, -0.1) is 11.3 Å². The topological polar surface area (TPSA) is 110 Å². The van der Waals surface area contributed by atoms with E-state index in [0.29, 0.717) is 43.0 Å². The number of hydrogen-bond donors (Lipinski definition) is 4. The SMILES string of the molecule is O=c1[nH]c(-c2cccs2)nc2c1CCN(Cc1cc(O)c(O)cc1O)C2. The standard InChI is InChI=1S/C18H17N3O4S/c22-13-7-15(24)14(23)6-10(13)8-21-4-3-11-12(9-21)19-17(20-18(11)25)16-2-1-5-26-16/h1-2,5-7,22-24H,3-4,8-9H2,(H,19,20,25). The average Bonchev–Trinajstić information content (AvgIpc) is 3.14. The third-order valence-electron chi connectivity index (χ3n) is 4.48. The Kier molecular flexibility index (Phi) is 4.14. The summed E-state index contributed by atoms with van der Waals surface area (Å²) in [5.41, 5.74) is 1.82. The second kappa shape index (κ2) is 6.47. The number of aromatic amines is 1. The monoisotopic (exact) mass is 371 g/mol. The number of aromatic nitrogens is 2. The van der Waals surface area contributed by atoms with E-state index in [4.69, 9.17) is 0 Å². The molecule has 26 heavy (non-hydrogen) atoms. The fraction of sp³-hybridized carbons (Fsp3) is 0.222. The van der Waals surface area contributed by atoms with Gasteiger partial charge in [0.05, 0.1) is 10.6 Å². The van der Waals surface area contributed by atoms with Crippen LogP contribution in [0.3, 0.4) is 0 Å². The molecule has 2 aromatic heterocycles. The lowest BCUT2D eigenvalue weighted by molar-refractivity contribution is 0.237. The highest BCUT2D eigenvalue weighted by Gasteiger charge is 2.22. The molecule has 1 aliphatic rings. The molecule has 0 unspecified atom stereocenters. The van der Waals surface area contributed by atoms with Gasteiger partial charge in [-0.25, -0.2) is 4.98 Å². The Balaban J connectivity index is 1.61. The van der Waals surface area contributed by atoms with Gasteiger partial charge in [0.2, 0.25) is 0 Å². The number of fused-ring (bicyclic) bond motifs is 1. The molecular weight excluding hydrogens is 354 g/mol. The second-order valence-electron chi connectivity index (χ2n) is 6.25. The summed E-state index contributed by atoms with van der Waals surface area (Å²) in [4.78, 5) is 22.8. The van der Waals surface area contributed by atoms with Crippen molar-refractivity contribution >= 4 is 11.3 Å². The maximum atomic E-state index is 12.4. The van der Waals surface area contributed by atoms with E-state index in [1.807, 2.05) is 22.4 Å². The first-order valence-corrected chi connectivity index (χ1v) is 9.01. The normalized spacial score (nSPS) is 14.3. The number of hydrogen-bond acceptors (Lipinski definition) is 7. The largest absolute Gasteiger partial charge is 0.507 e. The summed E-state index contributed by atoms with van der Waals surface area (Å²) in [6.45, 7) is 1.48. The van der Waals surface area contributed by atoms with Crippen LogP contribution in [0.5, 0.6) is 17.2 Å². The number of phenolic OH excluding ortho intramolecular Hbond substituents is 3. The Labute approximate surface area is 152 Å². The molecular formula is C18H17N3O4S. The van der Waals surface area contributed by atoms with Crippen LogP contribution in [0, 0.1) is 0 Å². The molecule has 4 N–H and O–H groups in total. The van der Waals surface area contributed by atoms with E-state index < -0.39 is 0 Å². The number of phenols is 3. The predicted molar refractivity (Wildman–Crippen MR) is 97.4 cm³/mol. The first kappa shape index (κ1) is 16.6. The molecule has 0 fully saturated rings. The van der Waals surface area contributed by atoms with Crippen molar-refractivity contribution in [1.29, 1.82) is 0 Å². The third kappa shape index (κ3) is 3.04. The summed E-state index contributed by atoms with van der Waals surface area (Å²) in [6, 6.07) is 6.29. The van der Waals surface area contributed by atoms with Crippen molar-refractivity contribution in [3.8, 4) is 28.0 Å². The number of aromatic hydroxyl groups is 3. The van der Waals surface area contributed by atoms with Gasteiger partial charge in [0, 0.05) is 36.8 Å². The Morgan fingerprint density at radius 3 is 2.77 bits per heavy atom. The van der Waals surface area contributed by atoms with Crippen molar-refractivity contribution in [2.24, 2.45) is 0 Å². The van der Waals surface area contributed by atoms with Gasteiger partial charge < -0.3 is 20.3 Å². The van der Waals surface area contributed by atoms with Crippen LogP contribution < -0.4 is 5.56 Å². The fourth-order valence-electron chi connectivity index (χ4n) is 3.14. The smallest absolute Gasteiger partial charge is 0.254 e. The number of thiophene rings is 1. The van der Waals surface area contributed by atoms with Crippen molar-refractivity contribution < 1.29 is 15.3 Å². The summed E-state index contributed by atoms with van der Waals surface area (Å²) in [5, 5.41) is 31.0. The lowest BCUT2D eigenvalue weighted by atomic mass is 10.0. The minimum atomic E-state index is -0.357. The van der Waals surface area contributed by atoms with Crippen LogP contribution in [-0.2, 0) is 19.5 Å². The highest BCUT2D eigenvalue weighted by molar-refractivity contribution is 7.13. The van der Waals surface area contributed by atoms with Crippen LogP contribution in [0.4, 0.5) is 0 Å². The molecule has 0 saturated carbocycles. The van der Waals surface area contributed by atoms with E-state index in [-0.39, 0.29) is 22.8 Å². The van der Waals surface area contributed by atoms with E-state index in [2.05, 4.69) is 9.97 Å². The highest BCUT2D eigenvalue weighted by atomic mass is 32.1. The number of rotatable bonds is 3. The van der Waals surface area contributed by atoms with E-state index in [0.717, 1.165) is 16.6 Å². The van der Waals surface area contributed by atoms with Gasteiger partial charge in [0.25, 0.3) is 5.56 Å². The predicted octanol–water partition coefficient (Wildman–Crippen LogP) is 2.17. The molecule has 0 spiro atoms. The molecule has 1 aromatic carbocycles. The minimum Gasteiger partial charge on any atom is -0.507 e. The molecule has 8 heteroatoms. The van der Waals surface area contributed by atoms with Crippen molar-refractivity contribution in [2.75, 3.05) is 6.54 Å². The third-order valence-corrected chi connectivity index (χ3v) is 5.35. The van der Waals surface area contributed by atoms with Crippen LogP contribution in [0.2, 0.25) is 0 Å². The van der Waals surface area contributed by atoms with Crippen LogP contribution in [0.25, 0.3) is 10.7 Å². The number of nitrogens with one attached hydrogen (secondary N) is 1. The maximum Gasteiger partial charge on any atom is 0.254 e. The molecule has 0 aliphatic carbocycles. The van der Waals surface area contributed by atoms with E-state index in [1.165, 1.54) is 17.4 Å². The zero-order valence-electron chi connectivity index (χ0n) is 13.8. The van der Waals surface area contributed by atoms with Gasteiger partial charge in [0.1, 0.15) is 5.75 Å². The Morgan fingerprint density at radius 2 is 2.00 bits per heavy atom. The lowest BCUT2D eigenvalue weighted by Gasteiger charge is -2.28.